The van der Waals surface area contributed by atoms with Crippen LogP contribution in [-0.2, 0) is 21.7 Å². The van der Waals surface area contributed by atoms with Crippen molar-refractivity contribution in [3.8, 4) is 0 Å². The number of aryl methyl sites for hydroxylation is 1. The molecule has 1 amide bonds. The van der Waals surface area contributed by atoms with Gasteiger partial charge in [-0.3, -0.25) is 9.59 Å². The van der Waals surface area contributed by atoms with Gasteiger partial charge in [-0.25, -0.2) is 8.42 Å². The van der Waals surface area contributed by atoms with E-state index in [2.05, 4.69) is 5.32 Å². The molecule has 1 unspecified atom stereocenters. The van der Waals surface area contributed by atoms with E-state index in [1.807, 2.05) is 26.1 Å². The number of aromatic nitrogens is 1. The third-order valence-corrected chi connectivity index (χ3v) is 6.44. The van der Waals surface area contributed by atoms with Gasteiger partial charge in [0.1, 0.15) is 0 Å². The SMILES string of the molecule is CC(C)C(=O)N1C=C2C=C(CS(C)(=O)=O)c3ccn(C)c(=O)c3C3=C2C1CCN3. The van der Waals surface area contributed by atoms with Gasteiger partial charge in [-0.2, -0.15) is 0 Å². The normalized spacial score (nSPS) is 20.6. The van der Waals surface area contributed by atoms with E-state index in [1.54, 1.807) is 24.2 Å². The first kappa shape index (κ1) is 19.7. The van der Waals surface area contributed by atoms with E-state index >= 15 is 0 Å². The van der Waals surface area contributed by atoms with E-state index in [0.29, 0.717) is 28.9 Å². The zero-order valence-corrected chi connectivity index (χ0v) is 17.8. The molecule has 0 saturated heterocycles. The smallest absolute Gasteiger partial charge is 0.260 e. The van der Waals surface area contributed by atoms with Crippen LogP contribution in [-0.4, -0.2) is 48.4 Å². The fourth-order valence-electron chi connectivity index (χ4n) is 4.32. The monoisotopic (exact) mass is 415 g/mol. The van der Waals surface area contributed by atoms with Gasteiger partial charge in [0.15, 0.2) is 9.84 Å². The quantitative estimate of drug-likeness (QED) is 0.804. The molecule has 1 aromatic heterocycles. The molecule has 3 aliphatic rings. The van der Waals surface area contributed by atoms with Crippen LogP contribution in [0.1, 0.15) is 31.4 Å². The van der Waals surface area contributed by atoms with Crippen LogP contribution < -0.4 is 10.9 Å². The van der Waals surface area contributed by atoms with Crippen molar-refractivity contribution in [1.82, 2.24) is 14.8 Å². The maximum absolute atomic E-state index is 13.1. The molecule has 4 rings (SSSR count). The van der Waals surface area contributed by atoms with Crippen LogP contribution in [0.2, 0.25) is 0 Å². The van der Waals surface area contributed by atoms with Gasteiger partial charge in [-0.15, -0.1) is 0 Å². The van der Waals surface area contributed by atoms with Crippen molar-refractivity contribution >= 4 is 27.0 Å². The van der Waals surface area contributed by atoms with Crippen LogP contribution in [0.15, 0.2) is 40.5 Å². The largest absolute Gasteiger partial charge is 0.384 e. The Morgan fingerprint density at radius 3 is 2.72 bits per heavy atom. The van der Waals surface area contributed by atoms with Gasteiger partial charge in [0.2, 0.25) is 5.91 Å². The molecule has 3 heterocycles. The van der Waals surface area contributed by atoms with Crippen LogP contribution in [0.5, 0.6) is 0 Å². The third-order valence-electron chi connectivity index (χ3n) is 5.61. The molecule has 8 heteroatoms. The second-order valence-corrected chi connectivity index (χ2v) is 10.4. The number of hydrogen-bond acceptors (Lipinski definition) is 5. The number of pyridine rings is 1. The van der Waals surface area contributed by atoms with Crippen molar-refractivity contribution in [3.63, 3.8) is 0 Å². The van der Waals surface area contributed by atoms with Crippen LogP contribution >= 0.6 is 0 Å². The van der Waals surface area contributed by atoms with Crippen LogP contribution in [0, 0.1) is 5.92 Å². The number of allylic oxidation sites excluding steroid dienone is 1. The maximum Gasteiger partial charge on any atom is 0.260 e. The minimum absolute atomic E-state index is 0.0172. The number of sulfone groups is 1. The summed E-state index contributed by atoms with van der Waals surface area (Å²) in [5.74, 6) is -0.315. The molecule has 0 aromatic carbocycles. The summed E-state index contributed by atoms with van der Waals surface area (Å²) in [6, 6.07) is 1.65. The Morgan fingerprint density at radius 2 is 2.07 bits per heavy atom. The van der Waals surface area contributed by atoms with Crippen LogP contribution in [0.25, 0.3) is 11.3 Å². The topological polar surface area (TPSA) is 88.5 Å². The third kappa shape index (κ3) is 3.25. The number of hydrogen-bond donors (Lipinski definition) is 1. The Balaban J connectivity index is 2.02. The van der Waals surface area contributed by atoms with Gasteiger partial charge in [-0.1, -0.05) is 13.8 Å². The molecule has 29 heavy (non-hydrogen) atoms. The van der Waals surface area contributed by atoms with Crippen molar-refractivity contribution in [2.75, 3.05) is 18.6 Å². The highest BCUT2D eigenvalue weighted by atomic mass is 32.2. The van der Waals surface area contributed by atoms with Gasteiger partial charge >= 0.3 is 0 Å². The van der Waals surface area contributed by atoms with E-state index in [9.17, 15) is 18.0 Å². The lowest BCUT2D eigenvalue weighted by molar-refractivity contribution is -0.132. The van der Waals surface area contributed by atoms with Gasteiger partial charge in [0.05, 0.1) is 23.1 Å². The van der Waals surface area contributed by atoms with Crippen molar-refractivity contribution < 1.29 is 13.2 Å². The summed E-state index contributed by atoms with van der Waals surface area (Å²) in [5, 5.41) is 3.36. The van der Waals surface area contributed by atoms with Crippen LogP contribution in [0.3, 0.4) is 0 Å². The molecule has 0 radical (unpaired) electrons. The molecule has 1 N–H and O–H groups in total. The molecular formula is C21H25N3O4S. The predicted molar refractivity (Wildman–Crippen MR) is 112 cm³/mol. The molecule has 7 nitrogen and oxygen atoms in total. The molecule has 0 fully saturated rings. The molecule has 154 valence electrons. The first-order valence-corrected chi connectivity index (χ1v) is 11.8. The lowest BCUT2D eigenvalue weighted by Gasteiger charge is -2.32. The van der Waals surface area contributed by atoms with Gasteiger partial charge in [0.25, 0.3) is 5.56 Å². The predicted octanol–water partition coefficient (Wildman–Crippen LogP) is 1.28. The Kier molecular flexibility index (Phi) is 4.57. The summed E-state index contributed by atoms with van der Waals surface area (Å²) < 4.78 is 25.7. The fourth-order valence-corrected chi connectivity index (χ4v) is 5.13. The first-order valence-electron chi connectivity index (χ1n) is 9.69. The molecule has 0 bridgehead atoms. The Morgan fingerprint density at radius 1 is 1.34 bits per heavy atom. The van der Waals surface area contributed by atoms with E-state index in [-0.39, 0.29) is 29.2 Å². The van der Waals surface area contributed by atoms with Gasteiger partial charge in [0, 0.05) is 43.7 Å². The second-order valence-electron chi connectivity index (χ2n) is 8.26. The summed E-state index contributed by atoms with van der Waals surface area (Å²) in [4.78, 5) is 27.7. The standard InChI is InChI=1S/C21H25N3O4S/c1-12(2)20(25)24-10-13-9-14(11-29(4,27)28)15-6-8-23(3)21(26)18(15)19-17(13)16(24)5-7-22-19/h6,8-10,12,16,22H,5,7,11H2,1-4H3. The number of amides is 1. The summed E-state index contributed by atoms with van der Waals surface area (Å²) in [6.07, 6.45) is 7.22. The minimum atomic E-state index is -3.32. The number of carbonyl (C=O) groups excluding carboxylic acids is 1. The van der Waals surface area contributed by atoms with E-state index in [0.717, 1.165) is 17.6 Å². The van der Waals surface area contributed by atoms with Crippen molar-refractivity contribution in [2.45, 2.75) is 26.3 Å². The van der Waals surface area contributed by atoms with Crippen molar-refractivity contribution in [2.24, 2.45) is 13.0 Å². The summed E-state index contributed by atoms with van der Waals surface area (Å²) in [5.41, 5.74) is 3.90. The first-order chi connectivity index (χ1) is 13.6. The average molecular weight is 416 g/mol. The number of rotatable bonds is 3. The van der Waals surface area contributed by atoms with Gasteiger partial charge in [-0.05, 0) is 35.3 Å². The zero-order valence-electron chi connectivity index (χ0n) is 17.0. The molecule has 2 aliphatic heterocycles. The average Bonchev–Trinajstić information content (AvgIpc) is 2.93. The maximum atomic E-state index is 13.1. The Hall–Kier alpha value is -2.61. The van der Waals surface area contributed by atoms with E-state index in [4.69, 9.17) is 0 Å². The van der Waals surface area contributed by atoms with E-state index in [1.165, 1.54) is 10.8 Å². The number of carbonyl (C=O) groups is 1. The lowest BCUT2D eigenvalue weighted by Crippen LogP contribution is -2.42. The zero-order chi connectivity index (χ0) is 21.1. The molecule has 0 spiro atoms. The second kappa shape index (κ2) is 6.73. The highest BCUT2D eigenvalue weighted by Gasteiger charge is 2.40. The summed E-state index contributed by atoms with van der Waals surface area (Å²) in [6.45, 7) is 4.36. The summed E-state index contributed by atoms with van der Waals surface area (Å²) in [7, 11) is -1.64. The number of nitrogens with zero attached hydrogens (tertiary/aromatic N) is 2. The Bertz CT molecular complexity index is 1170. The van der Waals surface area contributed by atoms with Crippen molar-refractivity contribution in [3.05, 3.63) is 57.2 Å². The molecular weight excluding hydrogens is 390 g/mol. The molecule has 0 saturated carbocycles. The fraction of sp³-hybridized carbons (Fsp3) is 0.429. The molecule has 1 aromatic rings. The van der Waals surface area contributed by atoms with Crippen LogP contribution in [0.4, 0.5) is 0 Å². The number of fused-ring (bicyclic) bond motifs is 2. The lowest BCUT2D eigenvalue weighted by atomic mass is 9.92. The summed E-state index contributed by atoms with van der Waals surface area (Å²) >= 11 is 0. The van der Waals surface area contributed by atoms with Crippen molar-refractivity contribution in [1.29, 1.82) is 0 Å². The highest BCUT2D eigenvalue weighted by Crippen LogP contribution is 2.42. The van der Waals surface area contributed by atoms with E-state index < -0.39 is 9.84 Å². The molecule has 1 atom stereocenters. The molecule has 1 aliphatic carbocycles. The minimum Gasteiger partial charge on any atom is -0.384 e. The number of nitrogens with one attached hydrogen (secondary N) is 1. The Labute approximate surface area is 170 Å². The highest BCUT2D eigenvalue weighted by molar-refractivity contribution is 7.91. The van der Waals surface area contributed by atoms with Gasteiger partial charge < -0.3 is 14.8 Å².